The number of hydrogen-bond donors (Lipinski definition) is 0. The van der Waals surface area contributed by atoms with E-state index in [4.69, 9.17) is 11.6 Å². The van der Waals surface area contributed by atoms with Gasteiger partial charge in [0.2, 0.25) is 11.8 Å². The molecule has 6 heteroatoms. The molecule has 0 aliphatic heterocycles. The van der Waals surface area contributed by atoms with Crippen molar-refractivity contribution in [3.8, 4) is 0 Å². The molecule has 4 nitrogen and oxygen atoms in total. The molecular weight excluding hydrogens is 318 g/mol. The minimum Gasteiger partial charge on any atom is -0.348 e. The first-order chi connectivity index (χ1) is 6.36. The highest BCUT2D eigenvalue weighted by molar-refractivity contribution is 14.1. The fraction of sp³-hybridized carbons (Fsp3) is 0.750. The summed E-state index contributed by atoms with van der Waals surface area (Å²) in [5.74, 6) is 0.190. The summed E-state index contributed by atoms with van der Waals surface area (Å²) in [5, 5.41) is 0. The van der Waals surface area contributed by atoms with Gasteiger partial charge in [0.25, 0.3) is 0 Å². The Morgan fingerprint density at radius 2 is 1.43 bits per heavy atom. The molecule has 0 fully saturated rings. The van der Waals surface area contributed by atoms with Crippen LogP contribution in [0.1, 0.15) is 0 Å². The standard InChI is InChI=1S/C4H8ClNO.C4H8INO/c2*1-6(2)4(7)3-5/h2*3H2,1-2H3. The number of hydrogen-bond acceptors (Lipinski definition) is 2. The zero-order valence-electron chi connectivity index (χ0n) is 8.88. The van der Waals surface area contributed by atoms with E-state index in [9.17, 15) is 9.59 Å². The SMILES string of the molecule is CN(C)C(=O)CCl.CN(C)C(=O)CI. The van der Waals surface area contributed by atoms with Crippen LogP contribution in [0.3, 0.4) is 0 Å². The Morgan fingerprint density at radius 3 is 1.43 bits per heavy atom. The maximum atomic E-state index is 10.4. The molecule has 0 saturated carbocycles. The van der Waals surface area contributed by atoms with E-state index >= 15 is 0 Å². The third kappa shape index (κ3) is 10.0. The van der Waals surface area contributed by atoms with Crippen LogP contribution in [0.2, 0.25) is 0 Å². The molecule has 0 bridgehead atoms. The molecule has 0 spiro atoms. The Labute approximate surface area is 104 Å². The third-order valence-electron chi connectivity index (χ3n) is 1.23. The van der Waals surface area contributed by atoms with Crippen molar-refractivity contribution in [2.75, 3.05) is 38.5 Å². The molecule has 0 atom stereocenters. The Hall–Kier alpha value is -0.0400. The van der Waals surface area contributed by atoms with E-state index in [0.717, 1.165) is 0 Å². The molecule has 14 heavy (non-hydrogen) atoms. The van der Waals surface area contributed by atoms with Gasteiger partial charge >= 0.3 is 0 Å². The Kier molecular flexibility index (Phi) is 11.1. The average Bonchev–Trinajstić information content (AvgIpc) is 2.15. The van der Waals surface area contributed by atoms with Crippen molar-refractivity contribution in [1.82, 2.24) is 9.80 Å². The van der Waals surface area contributed by atoms with E-state index in [1.807, 2.05) is 22.6 Å². The topological polar surface area (TPSA) is 40.6 Å². The largest absolute Gasteiger partial charge is 0.348 e. The van der Waals surface area contributed by atoms with Crippen molar-refractivity contribution in [2.45, 2.75) is 0 Å². The summed E-state index contributed by atoms with van der Waals surface area (Å²) in [6, 6.07) is 0. The molecule has 0 unspecified atom stereocenters. The van der Waals surface area contributed by atoms with Crippen LogP contribution in [0.25, 0.3) is 0 Å². The van der Waals surface area contributed by atoms with Crippen LogP contribution in [-0.2, 0) is 9.59 Å². The van der Waals surface area contributed by atoms with Crippen LogP contribution in [-0.4, -0.2) is 60.1 Å². The van der Waals surface area contributed by atoms with Gasteiger partial charge in [0, 0.05) is 28.2 Å². The van der Waals surface area contributed by atoms with Crippen LogP contribution in [0, 0.1) is 0 Å². The molecule has 0 radical (unpaired) electrons. The summed E-state index contributed by atoms with van der Waals surface area (Å²) in [5.41, 5.74) is 0. The lowest BCUT2D eigenvalue weighted by atomic mass is 10.6. The maximum Gasteiger partial charge on any atom is 0.236 e. The lowest BCUT2D eigenvalue weighted by Crippen LogP contribution is -2.22. The average molecular weight is 335 g/mol. The highest BCUT2D eigenvalue weighted by atomic mass is 127. The predicted molar refractivity (Wildman–Crippen MR) is 67.0 cm³/mol. The second kappa shape index (κ2) is 9.51. The number of halogens is 2. The molecule has 0 aliphatic carbocycles. The summed E-state index contributed by atoms with van der Waals surface area (Å²) in [7, 11) is 6.84. The van der Waals surface area contributed by atoms with Crippen LogP contribution < -0.4 is 0 Å². The van der Waals surface area contributed by atoms with Gasteiger partial charge in [-0.05, 0) is 0 Å². The summed E-state index contributed by atoms with van der Waals surface area (Å²) >= 11 is 7.19. The van der Waals surface area contributed by atoms with E-state index in [0.29, 0.717) is 4.43 Å². The fourth-order valence-electron chi connectivity index (χ4n) is 0.239. The van der Waals surface area contributed by atoms with Gasteiger partial charge in [0.15, 0.2) is 0 Å². The smallest absolute Gasteiger partial charge is 0.236 e. The highest BCUT2D eigenvalue weighted by Gasteiger charge is 1.97. The number of rotatable bonds is 2. The van der Waals surface area contributed by atoms with E-state index < -0.39 is 0 Å². The first-order valence-corrected chi connectivity index (χ1v) is 5.95. The Balaban J connectivity index is 0. The minimum atomic E-state index is -0.0540. The lowest BCUT2D eigenvalue weighted by Gasteiger charge is -2.05. The van der Waals surface area contributed by atoms with E-state index in [1.165, 1.54) is 4.90 Å². The van der Waals surface area contributed by atoms with Crippen LogP contribution >= 0.6 is 34.2 Å². The number of carbonyl (C=O) groups excluding carboxylic acids is 2. The normalized spacial score (nSPS) is 8.43. The van der Waals surface area contributed by atoms with Crippen molar-refractivity contribution in [3.05, 3.63) is 0 Å². The zero-order valence-corrected chi connectivity index (χ0v) is 11.8. The maximum absolute atomic E-state index is 10.4. The second-order valence-electron chi connectivity index (χ2n) is 2.84. The molecule has 0 aromatic carbocycles. The number of alkyl halides is 2. The molecule has 0 aromatic rings. The van der Waals surface area contributed by atoms with E-state index in [1.54, 1.807) is 33.1 Å². The van der Waals surface area contributed by atoms with E-state index in [-0.39, 0.29) is 17.7 Å². The summed E-state index contributed by atoms with van der Waals surface area (Å²) < 4.78 is 0.574. The number of carbonyl (C=O) groups is 2. The van der Waals surface area contributed by atoms with Crippen molar-refractivity contribution >= 4 is 46.0 Å². The Bertz CT molecular complexity index is 166. The molecule has 0 saturated heterocycles. The molecule has 84 valence electrons. The van der Waals surface area contributed by atoms with Gasteiger partial charge in [-0.25, -0.2) is 0 Å². The third-order valence-corrected chi connectivity index (χ3v) is 2.11. The van der Waals surface area contributed by atoms with Gasteiger partial charge in [-0.3, -0.25) is 9.59 Å². The number of nitrogens with zero attached hydrogens (tertiary/aromatic N) is 2. The van der Waals surface area contributed by atoms with Crippen molar-refractivity contribution in [2.24, 2.45) is 0 Å². The molecule has 0 aromatic heterocycles. The first-order valence-electron chi connectivity index (χ1n) is 3.89. The molecule has 0 N–H and O–H groups in total. The van der Waals surface area contributed by atoms with Gasteiger partial charge in [0.05, 0.1) is 4.43 Å². The minimum absolute atomic E-state index is 0.0540. The monoisotopic (exact) mass is 334 g/mol. The van der Waals surface area contributed by atoms with Gasteiger partial charge < -0.3 is 9.80 Å². The quantitative estimate of drug-likeness (QED) is 0.554. The number of amides is 2. The fourth-order valence-corrected chi connectivity index (χ4v) is 1.16. The summed E-state index contributed by atoms with van der Waals surface area (Å²) in [4.78, 5) is 23.8. The van der Waals surface area contributed by atoms with Crippen molar-refractivity contribution in [3.63, 3.8) is 0 Å². The second-order valence-corrected chi connectivity index (χ2v) is 3.87. The van der Waals surface area contributed by atoms with Gasteiger partial charge in [-0.15, -0.1) is 11.6 Å². The predicted octanol–water partition coefficient (Wildman–Crippen LogP) is 0.823. The molecule has 0 rings (SSSR count). The zero-order chi connectivity index (χ0) is 11.7. The highest BCUT2D eigenvalue weighted by Crippen LogP contribution is 1.84. The molecule has 0 heterocycles. The van der Waals surface area contributed by atoms with Gasteiger partial charge in [-0.2, -0.15) is 0 Å². The van der Waals surface area contributed by atoms with Gasteiger partial charge in [0.1, 0.15) is 5.88 Å². The van der Waals surface area contributed by atoms with E-state index in [2.05, 4.69) is 0 Å². The molecular formula is C8H16ClIN2O2. The van der Waals surface area contributed by atoms with Crippen molar-refractivity contribution in [1.29, 1.82) is 0 Å². The van der Waals surface area contributed by atoms with Crippen LogP contribution in [0.5, 0.6) is 0 Å². The van der Waals surface area contributed by atoms with Gasteiger partial charge in [-0.1, -0.05) is 22.6 Å². The lowest BCUT2D eigenvalue weighted by molar-refractivity contribution is -0.126. The summed E-state index contributed by atoms with van der Waals surface area (Å²) in [6.07, 6.45) is 0. The molecule has 2 amide bonds. The van der Waals surface area contributed by atoms with Crippen LogP contribution in [0.4, 0.5) is 0 Å². The first kappa shape index (κ1) is 16.4. The van der Waals surface area contributed by atoms with Crippen LogP contribution in [0.15, 0.2) is 0 Å². The molecule has 0 aliphatic rings. The van der Waals surface area contributed by atoms with Crippen molar-refractivity contribution < 1.29 is 9.59 Å². The Morgan fingerprint density at radius 1 is 1.07 bits per heavy atom. The summed E-state index contributed by atoms with van der Waals surface area (Å²) in [6.45, 7) is 0.